The Morgan fingerprint density at radius 3 is 2.44 bits per heavy atom. The number of hydrogen-bond donors (Lipinski definition) is 1. The van der Waals surface area contributed by atoms with Crippen LogP contribution in [0, 0.1) is 0 Å². The molecule has 0 radical (unpaired) electrons. The molecule has 0 aliphatic heterocycles. The molecular weight excluding hydrogens is 444 g/mol. The third kappa shape index (κ3) is 3.76. The molecule has 1 aliphatic carbocycles. The number of fused-ring (bicyclic) bond motifs is 2. The van der Waals surface area contributed by atoms with E-state index >= 15 is 0 Å². The minimum atomic E-state index is -0.101. The van der Waals surface area contributed by atoms with Gasteiger partial charge in [-0.25, -0.2) is 9.97 Å². The first-order valence-electron chi connectivity index (χ1n) is 11.7. The third-order valence-corrected chi connectivity index (χ3v) is 6.99. The minimum absolute atomic E-state index is 0.101. The highest BCUT2D eigenvalue weighted by Gasteiger charge is 2.20. The normalized spacial score (nSPS) is 14.6. The van der Waals surface area contributed by atoms with E-state index in [1.807, 2.05) is 54.6 Å². The highest BCUT2D eigenvalue weighted by Crippen LogP contribution is 2.35. The molecule has 1 saturated carbocycles. The summed E-state index contributed by atoms with van der Waals surface area (Å²) in [5.41, 5.74) is 5.55. The lowest BCUT2D eigenvalue weighted by atomic mass is 9.86. The number of H-pyrrole nitrogens is 1. The fourth-order valence-corrected chi connectivity index (χ4v) is 5.27. The Morgan fingerprint density at radius 1 is 0.824 bits per heavy atom. The van der Waals surface area contributed by atoms with Crippen molar-refractivity contribution in [3.63, 3.8) is 0 Å². The van der Waals surface area contributed by atoms with Crippen LogP contribution in [0.15, 0.2) is 71.7 Å². The van der Waals surface area contributed by atoms with Gasteiger partial charge in [0, 0.05) is 34.5 Å². The van der Waals surface area contributed by atoms with Gasteiger partial charge in [0.05, 0.1) is 21.9 Å². The van der Waals surface area contributed by atoms with Crippen molar-refractivity contribution in [3.05, 3.63) is 87.8 Å². The number of aromatic nitrogens is 4. The molecule has 0 amide bonds. The molecule has 5 aromatic rings. The maximum absolute atomic E-state index is 13.2. The van der Waals surface area contributed by atoms with Gasteiger partial charge in [0.1, 0.15) is 0 Å². The lowest BCUT2D eigenvalue weighted by Crippen LogP contribution is -2.14. The van der Waals surface area contributed by atoms with Gasteiger partial charge in [-0.1, -0.05) is 67.3 Å². The lowest BCUT2D eigenvalue weighted by Gasteiger charge is -2.22. The quantitative estimate of drug-likeness (QED) is 0.314. The van der Waals surface area contributed by atoms with Crippen LogP contribution >= 0.6 is 11.6 Å². The molecule has 5 nitrogen and oxygen atoms in total. The second-order valence-electron chi connectivity index (χ2n) is 8.94. The molecule has 0 spiro atoms. The molecule has 34 heavy (non-hydrogen) atoms. The van der Waals surface area contributed by atoms with Crippen LogP contribution < -0.4 is 5.43 Å². The molecule has 0 bridgehead atoms. The van der Waals surface area contributed by atoms with Crippen LogP contribution in [0.5, 0.6) is 0 Å². The van der Waals surface area contributed by atoms with Gasteiger partial charge in [0.25, 0.3) is 0 Å². The molecule has 2 aromatic carbocycles. The SMILES string of the molecule is O=c1cc(C2CCCCC2)[nH]c2nc(-c3ccccc3)c(-c3cc(Cl)c4ncccc4c3)nc12. The van der Waals surface area contributed by atoms with Crippen molar-refractivity contribution in [2.75, 3.05) is 0 Å². The molecule has 0 atom stereocenters. The summed E-state index contributed by atoms with van der Waals surface area (Å²) < 4.78 is 0. The number of halogens is 1. The zero-order chi connectivity index (χ0) is 23.1. The Balaban J connectivity index is 1.60. The first kappa shape index (κ1) is 21.0. The summed E-state index contributed by atoms with van der Waals surface area (Å²) in [6.45, 7) is 0. The molecule has 6 rings (SSSR count). The number of benzene rings is 2. The Hall–Kier alpha value is -3.57. The smallest absolute Gasteiger partial charge is 0.209 e. The average Bonchev–Trinajstić information content (AvgIpc) is 2.89. The molecule has 0 unspecified atom stereocenters. The zero-order valence-corrected chi connectivity index (χ0v) is 19.3. The molecule has 1 aliphatic rings. The first-order valence-corrected chi connectivity index (χ1v) is 12.1. The summed E-state index contributed by atoms with van der Waals surface area (Å²) in [4.78, 5) is 30.9. The van der Waals surface area contributed by atoms with Gasteiger partial charge in [-0.2, -0.15) is 0 Å². The summed E-state index contributed by atoms with van der Waals surface area (Å²) >= 11 is 6.59. The van der Waals surface area contributed by atoms with Crippen LogP contribution in [0.4, 0.5) is 0 Å². The second-order valence-corrected chi connectivity index (χ2v) is 9.35. The van der Waals surface area contributed by atoms with Crippen LogP contribution in [0.3, 0.4) is 0 Å². The summed E-state index contributed by atoms with van der Waals surface area (Å²) in [6.07, 6.45) is 7.58. The largest absolute Gasteiger partial charge is 0.341 e. The van der Waals surface area contributed by atoms with E-state index in [9.17, 15) is 4.79 Å². The predicted molar refractivity (Wildman–Crippen MR) is 137 cm³/mol. The van der Waals surface area contributed by atoms with Crippen LogP contribution in [-0.4, -0.2) is 19.9 Å². The summed E-state index contributed by atoms with van der Waals surface area (Å²) in [5, 5.41) is 1.45. The second kappa shape index (κ2) is 8.65. The van der Waals surface area contributed by atoms with Gasteiger partial charge in [0.15, 0.2) is 11.2 Å². The number of nitrogens with one attached hydrogen (secondary N) is 1. The number of aromatic amines is 1. The number of rotatable bonds is 3. The van der Waals surface area contributed by atoms with E-state index in [0.29, 0.717) is 33.5 Å². The Kier molecular flexibility index (Phi) is 5.34. The van der Waals surface area contributed by atoms with E-state index in [4.69, 9.17) is 21.6 Å². The molecule has 168 valence electrons. The minimum Gasteiger partial charge on any atom is -0.341 e. The molecule has 3 aromatic heterocycles. The van der Waals surface area contributed by atoms with Gasteiger partial charge in [-0.05, 0) is 37.0 Å². The van der Waals surface area contributed by atoms with E-state index in [0.717, 1.165) is 40.6 Å². The lowest BCUT2D eigenvalue weighted by molar-refractivity contribution is 0.437. The van der Waals surface area contributed by atoms with Crippen molar-refractivity contribution >= 4 is 33.7 Å². The van der Waals surface area contributed by atoms with Crippen molar-refractivity contribution < 1.29 is 0 Å². The van der Waals surface area contributed by atoms with Gasteiger partial charge in [0.2, 0.25) is 5.43 Å². The molecule has 6 heteroatoms. The average molecular weight is 467 g/mol. The maximum atomic E-state index is 13.2. The van der Waals surface area contributed by atoms with E-state index in [-0.39, 0.29) is 5.43 Å². The zero-order valence-electron chi connectivity index (χ0n) is 18.6. The van der Waals surface area contributed by atoms with E-state index in [1.54, 1.807) is 12.3 Å². The number of pyridine rings is 2. The Morgan fingerprint density at radius 2 is 1.62 bits per heavy atom. The van der Waals surface area contributed by atoms with Crippen molar-refractivity contribution in [1.82, 2.24) is 19.9 Å². The van der Waals surface area contributed by atoms with Gasteiger partial charge in [-0.3, -0.25) is 9.78 Å². The molecule has 1 N–H and O–H groups in total. The van der Waals surface area contributed by atoms with E-state index in [2.05, 4.69) is 9.97 Å². The summed E-state index contributed by atoms with van der Waals surface area (Å²) in [7, 11) is 0. The topological polar surface area (TPSA) is 71.5 Å². The van der Waals surface area contributed by atoms with E-state index < -0.39 is 0 Å². The van der Waals surface area contributed by atoms with Gasteiger partial charge >= 0.3 is 0 Å². The molecule has 3 heterocycles. The van der Waals surface area contributed by atoms with Crippen molar-refractivity contribution in [2.24, 2.45) is 0 Å². The van der Waals surface area contributed by atoms with Crippen molar-refractivity contribution in [1.29, 1.82) is 0 Å². The van der Waals surface area contributed by atoms with Gasteiger partial charge < -0.3 is 4.98 Å². The van der Waals surface area contributed by atoms with E-state index in [1.165, 1.54) is 19.3 Å². The van der Waals surface area contributed by atoms with Crippen molar-refractivity contribution in [3.8, 4) is 22.5 Å². The highest BCUT2D eigenvalue weighted by molar-refractivity contribution is 6.35. The summed E-state index contributed by atoms with van der Waals surface area (Å²) in [6, 6.07) is 19.4. The first-order chi connectivity index (χ1) is 16.7. The fraction of sp³-hybridized carbons (Fsp3) is 0.214. The standard InChI is InChI=1S/C28H23ClN4O/c29-21-15-20(14-19-12-7-13-30-24(19)21)26-25(18-10-5-2-6-11-18)33-28-27(32-26)23(34)16-22(31-28)17-8-3-1-4-9-17/h2,5-7,10-17H,1,3-4,8-9H2,(H,31,33,34). The summed E-state index contributed by atoms with van der Waals surface area (Å²) in [5.74, 6) is 0.374. The fourth-order valence-electron chi connectivity index (χ4n) is 4.99. The molecule has 0 saturated heterocycles. The Bertz CT molecular complexity index is 1570. The van der Waals surface area contributed by atoms with Crippen molar-refractivity contribution in [2.45, 2.75) is 38.0 Å². The Labute approximate surface area is 201 Å². The molecule has 1 fully saturated rings. The number of nitrogens with zero attached hydrogens (tertiary/aromatic N) is 3. The number of hydrogen-bond acceptors (Lipinski definition) is 4. The van der Waals surface area contributed by atoms with Crippen LogP contribution in [0.25, 0.3) is 44.6 Å². The highest BCUT2D eigenvalue weighted by atomic mass is 35.5. The maximum Gasteiger partial charge on any atom is 0.209 e. The van der Waals surface area contributed by atoms with Crippen LogP contribution in [-0.2, 0) is 0 Å². The third-order valence-electron chi connectivity index (χ3n) is 6.70. The van der Waals surface area contributed by atoms with Gasteiger partial charge in [-0.15, -0.1) is 0 Å². The van der Waals surface area contributed by atoms with Crippen LogP contribution in [0.2, 0.25) is 5.02 Å². The predicted octanol–water partition coefficient (Wildman–Crippen LogP) is 6.90. The monoisotopic (exact) mass is 466 g/mol. The molecular formula is C28H23ClN4O. The van der Waals surface area contributed by atoms with Crippen LogP contribution in [0.1, 0.15) is 43.7 Å².